The van der Waals surface area contributed by atoms with Gasteiger partial charge in [0.2, 0.25) is 0 Å². The fraction of sp³-hybridized carbons (Fsp3) is 0.333. The molecular formula is C24H27NO3. The predicted octanol–water partition coefficient (Wildman–Crippen LogP) is 4.27. The lowest BCUT2D eigenvalue weighted by atomic mass is 9.83. The summed E-state index contributed by atoms with van der Waals surface area (Å²) in [6.45, 7) is 8.00. The Balaban J connectivity index is 1.64. The van der Waals surface area contributed by atoms with Gasteiger partial charge in [-0.05, 0) is 42.2 Å². The average molecular weight is 377 g/mol. The average Bonchev–Trinajstić information content (AvgIpc) is 2.84. The van der Waals surface area contributed by atoms with Crippen LogP contribution in [0.1, 0.15) is 36.1 Å². The van der Waals surface area contributed by atoms with Gasteiger partial charge in [0.1, 0.15) is 0 Å². The van der Waals surface area contributed by atoms with E-state index in [-0.39, 0.29) is 24.2 Å². The summed E-state index contributed by atoms with van der Waals surface area (Å²) in [5.74, 6) is -0.603. The maximum absolute atomic E-state index is 12.5. The normalized spacial score (nSPS) is 16.2. The Morgan fingerprint density at radius 1 is 1.07 bits per heavy atom. The highest BCUT2D eigenvalue weighted by Gasteiger charge is 2.38. The lowest BCUT2D eigenvalue weighted by molar-refractivity contribution is -0.146. The molecule has 0 saturated carbocycles. The number of allylic oxidation sites excluding steroid dienone is 1. The summed E-state index contributed by atoms with van der Waals surface area (Å²) >= 11 is 0. The van der Waals surface area contributed by atoms with Crippen molar-refractivity contribution < 1.29 is 14.3 Å². The van der Waals surface area contributed by atoms with E-state index in [0.717, 1.165) is 22.5 Å². The molecule has 2 aromatic carbocycles. The van der Waals surface area contributed by atoms with Crippen LogP contribution in [0.25, 0.3) is 0 Å². The largest absolute Gasteiger partial charge is 0.457 e. The molecule has 0 bridgehead atoms. The van der Waals surface area contributed by atoms with E-state index in [1.54, 1.807) is 6.08 Å². The van der Waals surface area contributed by atoms with Crippen molar-refractivity contribution in [2.24, 2.45) is 0 Å². The highest BCUT2D eigenvalue weighted by atomic mass is 16.5. The van der Waals surface area contributed by atoms with E-state index in [4.69, 9.17) is 4.74 Å². The molecule has 146 valence electrons. The van der Waals surface area contributed by atoms with Crippen LogP contribution < -0.4 is 4.90 Å². The number of benzene rings is 2. The minimum atomic E-state index is -0.391. The molecule has 0 N–H and O–H groups in total. The number of carbonyl (C=O) groups excluding carboxylic acids is 2. The third-order valence-electron chi connectivity index (χ3n) is 5.53. The summed E-state index contributed by atoms with van der Waals surface area (Å²) in [6.07, 6.45) is 1.77. The molecule has 0 aliphatic carbocycles. The van der Waals surface area contributed by atoms with Gasteiger partial charge in [-0.1, -0.05) is 50.2 Å². The SMILES string of the molecule is Cc1ccc(CC(=O)OCC(=O)/C=C2\N(C)c3ccccc3C2(C)C)cc1C. The number of rotatable bonds is 5. The first-order valence-electron chi connectivity index (χ1n) is 9.50. The third-order valence-corrected chi connectivity index (χ3v) is 5.53. The van der Waals surface area contributed by atoms with Crippen LogP contribution in [0.5, 0.6) is 0 Å². The van der Waals surface area contributed by atoms with Crippen LogP contribution in [0.3, 0.4) is 0 Å². The standard InChI is InChI=1S/C24H27NO3/c1-16-10-11-18(12-17(16)2)13-23(27)28-15-19(26)14-22-24(3,4)20-8-6-7-9-21(20)25(22)5/h6-12,14H,13,15H2,1-5H3/b22-14-. The molecule has 0 atom stereocenters. The number of carbonyl (C=O) groups is 2. The summed E-state index contributed by atoms with van der Waals surface area (Å²) in [5, 5.41) is 0. The lowest BCUT2D eigenvalue weighted by Crippen LogP contribution is -2.25. The molecule has 1 aliphatic heterocycles. The quantitative estimate of drug-likeness (QED) is 0.577. The van der Waals surface area contributed by atoms with E-state index in [0.29, 0.717) is 0 Å². The third kappa shape index (κ3) is 3.86. The topological polar surface area (TPSA) is 46.6 Å². The molecular weight excluding hydrogens is 350 g/mol. The van der Waals surface area contributed by atoms with Gasteiger partial charge in [0.15, 0.2) is 12.4 Å². The number of ether oxygens (including phenoxy) is 1. The van der Waals surface area contributed by atoms with Crippen LogP contribution >= 0.6 is 0 Å². The maximum atomic E-state index is 12.5. The summed E-state index contributed by atoms with van der Waals surface area (Å²) < 4.78 is 5.22. The first-order valence-corrected chi connectivity index (χ1v) is 9.50. The van der Waals surface area contributed by atoms with Gasteiger partial charge in [-0.25, -0.2) is 0 Å². The van der Waals surface area contributed by atoms with E-state index in [1.165, 1.54) is 11.1 Å². The predicted molar refractivity (Wildman–Crippen MR) is 112 cm³/mol. The summed E-state index contributed by atoms with van der Waals surface area (Å²) in [5.41, 5.74) is 6.13. The Kier molecular flexibility index (Phi) is 5.41. The smallest absolute Gasteiger partial charge is 0.310 e. The Bertz CT molecular complexity index is 956. The van der Waals surface area contributed by atoms with E-state index in [9.17, 15) is 9.59 Å². The van der Waals surface area contributed by atoms with Crippen molar-refractivity contribution in [3.8, 4) is 0 Å². The molecule has 1 aliphatic rings. The number of nitrogens with zero attached hydrogens (tertiary/aromatic N) is 1. The first kappa shape index (κ1) is 19.9. The second kappa shape index (κ2) is 7.63. The van der Waals surface area contributed by atoms with Crippen LogP contribution in [0.2, 0.25) is 0 Å². The van der Waals surface area contributed by atoms with Gasteiger partial charge in [-0.3, -0.25) is 9.59 Å². The molecule has 4 heteroatoms. The monoisotopic (exact) mass is 377 g/mol. The molecule has 28 heavy (non-hydrogen) atoms. The van der Waals surface area contributed by atoms with E-state index in [1.807, 2.05) is 62.2 Å². The van der Waals surface area contributed by atoms with Gasteiger partial charge in [0.25, 0.3) is 0 Å². The number of fused-ring (bicyclic) bond motifs is 1. The summed E-state index contributed by atoms with van der Waals surface area (Å²) in [6, 6.07) is 14.0. The minimum absolute atomic E-state index is 0.168. The molecule has 0 amide bonds. The van der Waals surface area contributed by atoms with Crippen molar-refractivity contribution in [3.63, 3.8) is 0 Å². The summed E-state index contributed by atoms with van der Waals surface area (Å²) in [7, 11) is 1.96. The van der Waals surface area contributed by atoms with E-state index in [2.05, 4.69) is 19.9 Å². The van der Waals surface area contributed by atoms with Crippen LogP contribution in [-0.4, -0.2) is 25.4 Å². The number of hydrogen-bond donors (Lipinski definition) is 0. The first-order chi connectivity index (χ1) is 13.2. The molecule has 0 unspecified atom stereocenters. The van der Waals surface area contributed by atoms with E-state index >= 15 is 0 Å². The number of para-hydroxylation sites is 1. The number of aryl methyl sites for hydroxylation is 2. The van der Waals surface area contributed by atoms with Gasteiger partial charge in [0.05, 0.1) is 6.42 Å². The van der Waals surface area contributed by atoms with Gasteiger partial charge in [-0.15, -0.1) is 0 Å². The summed E-state index contributed by atoms with van der Waals surface area (Å²) in [4.78, 5) is 26.6. The number of likely N-dealkylation sites (N-methyl/N-ethyl adjacent to an activating group) is 1. The van der Waals surface area contributed by atoms with Gasteiger partial charge in [-0.2, -0.15) is 0 Å². The number of hydrogen-bond acceptors (Lipinski definition) is 4. The minimum Gasteiger partial charge on any atom is -0.457 e. The van der Waals surface area contributed by atoms with Crippen LogP contribution in [0, 0.1) is 13.8 Å². The Labute approximate surface area is 166 Å². The fourth-order valence-corrected chi connectivity index (χ4v) is 3.74. The Morgan fingerprint density at radius 2 is 1.79 bits per heavy atom. The Hall–Kier alpha value is -2.88. The zero-order valence-corrected chi connectivity index (χ0v) is 17.2. The molecule has 1 heterocycles. The van der Waals surface area contributed by atoms with Gasteiger partial charge in [0, 0.05) is 29.9 Å². The number of anilines is 1. The highest BCUT2D eigenvalue weighted by Crippen LogP contribution is 2.46. The molecule has 3 rings (SSSR count). The van der Waals surface area contributed by atoms with Crippen molar-refractivity contribution in [1.29, 1.82) is 0 Å². The molecule has 4 nitrogen and oxygen atoms in total. The second-order valence-electron chi connectivity index (χ2n) is 7.95. The molecule has 0 aromatic heterocycles. The lowest BCUT2D eigenvalue weighted by Gasteiger charge is -2.23. The highest BCUT2D eigenvalue weighted by molar-refractivity contribution is 5.94. The van der Waals surface area contributed by atoms with Crippen molar-refractivity contribution in [2.45, 2.75) is 39.5 Å². The van der Waals surface area contributed by atoms with E-state index < -0.39 is 5.97 Å². The van der Waals surface area contributed by atoms with Gasteiger partial charge >= 0.3 is 5.97 Å². The maximum Gasteiger partial charge on any atom is 0.310 e. The zero-order valence-electron chi connectivity index (χ0n) is 17.2. The molecule has 0 saturated heterocycles. The van der Waals surface area contributed by atoms with Crippen molar-refractivity contribution in [2.75, 3.05) is 18.6 Å². The Morgan fingerprint density at radius 3 is 2.46 bits per heavy atom. The molecule has 0 radical (unpaired) electrons. The van der Waals surface area contributed by atoms with Crippen LogP contribution in [-0.2, 0) is 26.2 Å². The van der Waals surface area contributed by atoms with Crippen molar-refractivity contribution in [3.05, 3.63) is 76.5 Å². The van der Waals surface area contributed by atoms with Crippen molar-refractivity contribution in [1.82, 2.24) is 0 Å². The van der Waals surface area contributed by atoms with Crippen LogP contribution in [0.4, 0.5) is 5.69 Å². The van der Waals surface area contributed by atoms with Crippen molar-refractivity contribution >= 4 is 17.4 Å². The molecule has 0 fully saturated rings. The fourth-order valence-electron chi connectivity index (χ4n) is 3.74. The molecule has 0 spiro atoms. The second-order valence-corrected chi connectivity index (χ2v) is 7.95. The number of ketones is 1. The zero-order chi connectivity index (χ0) is 20.5. The van der Waals surface area contributed by atoms with Crippen LogP contribution in [0.15, 0.2) is 54.2 Å². The van der Waals surface area contributed by atoms with Gasteiger partial charge < -0.3 is 9.64 Å². The number of esters is 1. The molecule has 2 aromatic rings.